The smallest absolute Gasteiger partial charge is 0.258 e. The van der Waals surface area contributed by atoms with Gasteiger partial charge in [0.2, 0.25) is 0 Å². The van der Waals surface area contributed by atoms with E-state index in [0.717, 1.165) is 55.0 Å². The molecule has 0 saturated carbocycles. The van der Waals surface area contributed by atoms with E-state index in [-0.39, 0.29) is 5.56 Å². The summed E-state index contributed by atoms with van der Waals surface area (Å²) in [6.45, 7) is 7.10. The Balaban J connectivity index is 1.50. The van der Waals surface area contributed by atoms with Gasteiger partial charge in [-0.25, -0.2) is 9.97 Å². The fourth-order valence-electron chi connectivity index (χ4n) is 3.92. The van der Waals surface area contributed by atoms with E-state index in [9.17, 15) is 4.79 Å². The summed E-state index contributed by atoms with van der Waals surface area (Å²) in [5.74, 6) is 0.821. The van der Waals surface area contributed by atoms with Crippen LogP contribution < -0.4 is 10.5 Å². The van der Waals surface area contributed by atoms with Gasteiger partial charge in [0.05, 0.1) is 23.6 Å². The van der Waals surface area contributed by atoms with Crippen molar-refractivity contribution in [3.8, 4) is 11.3 Å². The summed E-state index contributed by atoms with van der Waals surface area (Å²) in [5, 5.41) is 5.41. The van der Waals surface area contributed by atoms with Crippen molar-refractivity contribution < 1.29 is 0 Å². The van der Waals surface area contributed by atoms with Crippen molar-refractivity contribution in [3.63, 3.8) is 0 Å². The van der Waals surface area contributed by atoms with Crippen molar-refractivity contribution >= 4 is 22.4 Å². The monoisotopic (exact) mass is 389 g/mol. The van der Waals surface area contributed by atoms with Crippen LogP contribution in [0.2, 0.25) is 0 Å². The maximum Gasteiger partial charge on any atom is 0.258 e. The molecular weight excluding hydrogens is 366 g/mol. The van der Waals surface area contributed by atoms with Gasteiger partial charge < -0.3 is 9.80 Å². The predicted molar refractivity (Wildman–Crippen MR) is 113 cm³/mol. The second kappa shape index (κ2) is 6.97. The molecule has 8 nitrogen and oxygen atoms in total. The number of nitrogens with zero attached hydrogens (tertiary/aromatic N) is 7. The lowest BCUT2D eigenvalue weighted by atomic mass is 10.1. The molecule has 29 heavy (non-hydrogen) atoms. The summed E-state index contributed by atoms with van der Waals surface area (Å²) in [5.41, 5.74) is 2.90. The number of piperazine rings is 1. The highest BCUT2D eigenvalue weighted by atomic mass is 16.1. The molecule has 1 saturated heterocycles. The SMILES string of the molecule is CCN1CCN(c2cn3c(=O)cc(-c4ccc5nn(C)cc5c4)nc3cn2)CC1. The van der Waals surface area contributed by atoms with Gasteiger partial charge in [0.15, 0.2) is 5.65 Å². The van der Waals surface area contributed by atoms with E-state index in [1.807, 2.05) is 31.4 Å². The van der Waals surface area contributed by atoms with Gasteiger partial charge in [-0.1, -0.05) is 13.0 Å². The molecule has 0 N–H and O–H groups in total. The molecule has 0 unspecified atom stereocenters. The Morgan fingerprint density at radius 3 is 2.69 bits per heavy atom. The van der Waals surface area contributed by atoms with Gasteiger partial charge in [-0.15, -0.1) is 0 Å². The average molecular weight is 389 g/mol. The Morgan fingerprint density at radius 2 is 1.90 bits per heavy atom. The second-order valence-corrected chi connectivity index (χ2v) is 7.45. The Morgan fingerprint density at radius 1 is 1.07 bits per heavy atom. The summed E-state index contributed by atoms with van der Waals surface area (Å²) >= 11 is 0. The fourth-order valence-corrected chi connectivity index (χ4v) is 3.92. The van der Waals surface area contributed by atoms with Crippen LogP contribution in [0, 0.1) is 0 Å². The third-order valence-electron chi connectivity index (χ3n) is 5.59. The Labute approximate surface area is 168 Å². The van der Waals surface area contributed by atoms with E-state index in [4.69, 9.17) is 0 Å². The molecular formula is C21H23N7O. The topological polar surface area (TPSA) is 71.6 Å². The lowest BCUT2D eigenvalue weighted by Crippen LogP contribution is -2.46. The maximum atomic E-state index is 12.8. The standard InChI is InChI=1S/C21H23N7O/c1-3-26-6-8-27(9-7-26)20-14-28-19(12-22-20)23-18(11-21(28)29)15-4-5-17-16(10-15)13-25(2)24-17/h4-5,10-14H,3,6-9H2,1-2H3. The molecule has 4 aromatic rings. The van der Waals surface area contributed by atoms with Crippen LogP contribution in [0.15, 0.2) is 47.7 Å². The van der Waals surface area contributed by atoms with Gasteiger partial charge in [0, 0.05) is 56.4 Å². The van der Waals surface area contributed by atoms with E-state index >= 15 is 0 Å². The first kappa shape index (κ1) is 17.8. The van der Waals surface area contributed by atoms with E-state index in [1.54, 1.807) is 27.5 Å². The first-order valence-corrected chi connectivity index (χ1v) is 9.91. The Kier molecular flexibility index (Phi) is 4.28. The first-order chi connectivity index (χ1) is 14.1. The van der Waals surface area contributed by atoms with E-state index in [2.05, 4.69) is 31.8 Å². The van der Waals surface area contributed by atoms with Crippen molar-refractivity contribution in [1.82, 2.24) is 29.0 Å². The zero-order valence-electron chi connectivity index (χ0n) is 16.6. The van der Waals surface area contributed by atoms with Gasteiger partial charge in [0.25, 0.3) is 5.56 Å². The van der Waals surface area contributed by atoms with Crippen LogP contribution in [0.4, 0.5) is 5.82 Å². The van der Waals surface area contributed by atoms with Gasteiger partial charge in [0.1, 0.15) is 5.82 Å². The molecule has 1 fully saturated rings. The van der Waals surface area contributed by atoms with Gasteiger partial charge in [-0.05, 0) is 18.7 Å². The van der Waals surface area contributed by atoms with Crippen LogP contribution in [0.1, 0.15) is 6.92 Å². The molecule has 0 spiro atoms. The molecule has 5 rings (SSSR count). The largest absolute Gasteiger partial charge is 0.353 e. The van der Waals surface area contributed by atoms with Gasteiger partial charge in [-0.2, -0.15) is 5.10 Å². The highest BCUT2D eigenvalue weighted by Gasteiger charge is 2.17. The van der Waals surface area contributed by atoms with Crippen LogP contribution in [-0.4, -0.2) is 61.8 Å². The summed E-state index contributed by atoms with van der Waals surface area (Å²) in [7, 11) is 1.89. The number of hydrogen-bond acceptors (Lipinski definition) is 6. The van der Waals surface area contributed by atoms with Crippen LogP contribution >= 0.6 is 0 Å². The van der Waals surface area contributed by atoms with Crippen molar-refractivity contribution in [2.75, 3.05) is 37.6 Å². The highest BCUT2D eigenvalue weighted by Crippen LogP contribution is 2.22. The normalized spacial score (nSPS) is 15.4. The molecule has 8 heteroatoms. The predicted octanol–water partition coefficient (Wildman–Crippen LogP) is 1.79. The highest BCUT2D eigenvalue weighted by molar-refractivity contribution is 5.83. The van der Waals surface area contributed by atoms with Crippen LogP contribution in [0.25, 0.3) is 27.8 Å². The zero-order valence-corrected chi connectivity index (χ0v) is 16.6. The summed E-state index contributed by atoms with van der Waals surface area (Å²) in [6, 6.07) is 7.49. The minimum absolute atomic E-state index is 0.105. The molecule has 0 amide bonds. The van der Waals surface area contributed by atoms with Crippen molar-refractivity contribution in [1.29, 1.82) is 0 Å². The van der Waals surface area contributed by atoms with Gasteiger partial charge >= 0.3 is 0 Å². The number of aromatic nitrogens is 5. The summed E-state index contributed by atoms with van der Waals surface area (Å²) < 4.78 is 3.36. The quantitative estimate of drug-likeness (QED) is 0.532. The Hall–Kier alpha value is -3.26. The minimum Gasteiger partial charge on any atom is -0.353 e. The number of anilines is 1. The molecule has 1 aliphatic heterocycles. The first-order valence-electron chi connectivity index (χ1n) is 9.91. The molecule has 4 heterocycles. The van der Waals surface area contributed by atoms with Crippen LogP contribution in [0.5, 0.6) is 0 Å². The Bertz CT molecular complexity index is 1250. The number of benzene rings is 1. The molecule has 0 aliphatic carbocycles. The molecule has 3 aromatic heterocycles. The number of fused-ring (bicyclic) bond motifs is 2. The number of rotatable bonds is 3. The van der Waals surface area contributed by atoms with Gasteiger partial charge in [-0.3, -0.25) is 13.9 Å². The lowest BCUT2D eigenvalue weighted by Gasteiger charge is -2.34. The van der Waals surface area contributed by atoms with Crippen molar-refractivity contribution in [2.45, 2.75) is 6.92 Å². The minimum atomic E-state index is -0.105. The lowest BCUT2D eigenvalue weighted by molar-refractivity contribution is 0.270. The van der Waals surface area contributed by atoms with Crippen molar-refractivity contribution in [2.24, 2.45) is 7.05 Å². The molecule has 1 aliphatic rings. The molecule has 0 atom stereocenters. The summed E-state index contributed by atoms with van der Waals surface area (Å²) in [6.07, 6.45) is 5.45. The number of aryl methyl sites for hydroxylation is 1. The maximum absolute atomic E-state index is 12.8. The summed E-state index contributed by atoms with van der Waals surface area (Å²) in [4.78, 5) is 26.7. The molecule has 148 valence electrons. The zero-order chi connectivity index (χ0) is 20.0. The second-order valence-electron chi connectivity index (χ2n) is 7.45. The average Bonchev–Trinajstić information content (AvgIpc) is 3.12. The molecule has 0 radical (unpaired) electrons. The molecule has 1 aromatic carbocycles. The van der Waals surface area contributed by atoms with E-state index in [1.165, 1.54) is 0 Å². The van der Waals surface area contributed by atoms with E-state index < -0.39 is 0 Å². The third kappa shape index (κ3) is 3.25. The molecule has 0 bridgehead atoms. The van der Waals surface area contributed by atoms with Crippen LogP contribution in [0.3, 0.4) is 0 Å². The third-order valence-corrected chi connectivity index (χ3v) is 5.59. The van der Waals surface area contributed by atoms with Crippen molar-refractivity contribution in [3.05, 3.63) is 53.2 Å². The fraction of sp³-hybridized carbons (Fsp3) is 0.333. The van der Waals surface area contributed by atoms with E-state index in [0.29, 0.717) is 11.3 Å². The number of hydrogen-bond donors (Lipinski definition) is 0. The number of likely N-dealkylation sites (N-methyl/N-ethyl adjacent to an activating group) is 1. The van der Waals surface area contributed by atoms with Crippen LogP contribution in [-0.2, 0) is 7.05 Å².